The molecule has 1 aromatic heterocycles. The highest BCUT2D eigenvalue weighted by atomic mass is 19.1. The van der Waals surface area contributed by atoms with Crippen LogP contribution in [-0.4, -0.2) is 22.8 Å². The number of carboxylic acid groups (broad SMARTS) is 1. The molecule has 1 N–H and O–H groups in total. The predicted octanol–water partition coefficient (Wildman–Crippen LogP) is 2.19. The Labute approximate surface area is 107 Å². The zero-order valence-electron chi connectivity index (χ0n) is 9.59. The molecule has 0 unspecified atom stereocenters. The number of hydrogen-bond acceptors (Lipinski definition) is 4. The van der Waals surface area contributed by atoms with Crippen LogP contribution in [0.5, 0.6) is 5.75 Å². The first-order valence-electron chi connectivity index (χ1n) is 5.18. The van der Waals surface area contributed by atoms with Crippen LogP contribution >= 0.6 is 0 Å². The molecule has 2 rings (SSSR count). The van der Waals surface area contributed by atoms with E-state index in [1.54, 1.807) is 0 Å². The summed E-state index contributed by atoms with van der Waals surface area (Å²) in [6.45, 7) is -0.00143. The molecule has 0 amide bonds. The fourth-order valence-electron chi connectivity index (χ4n) is 1.44. The summed E-state index contributed by atoms with van der Waals surface area (Å²) in [6, 6.07) is 4.91. The van der Waals surface area contributed by atoms with Crippen LogP contribution in [0.25, 0.3) is 11.3 Å². The van der Waals surface area contributed by atoms with Crippen LogP contribution in [-0.2, 0) is 0 Å². The molecule has 0 aliphatic carbocycles. The van der Waals surface area contributed by atoms with Gasteiger partial charge in [0.05, 0.1) is 5.56 Å². The molecular formula is C13H8FNO4. The molecule has 2 aromatic rings. The van der Waals surface area contributed by atoms with Gasteiger partial charge in [0.25, 0.3) is 0 Å². The molecule has 19 heavy (non-hydrogen) atoms. The van der Waals surface area contributed by atoms with Crippen molar-refractivity contribution >= 4 is 5.97 Å². The first-order valence-corrected chi connectivity index (χ1v) is 5.18. The van der Waals surface area contributed by atoms with E-state index in [1.807, 2.05) is 0 Å². The van der Waals surface area contributed by atoms with Crippen LogP contribution in [0.2, 0.25) is 0 Å². The minimum atomic E-state index is -1.24. The lowest BCUT2D eigenvalue weighted by Gasteiger charge is -2.06. The first kappa shape index (κ1) is 12.6. The van der Waals surface area contributed by atoms with E-state index in [1.165, 1.54) is 18.2 Å². The SMILES string of the molecule is C#CCOc1ccc(F)cc1-c1cc(C(=O)O)no1. The van der Waals surface area contributed by atoms with Gasteiger partial charge in [-0.2, -0.15) is 0 Å². The Morgan fingerprint density at radius 2 is 2.32 bits per heavy atom. The third kappa shape index (κ3) is 2.72. The maximum absolute atomic E-state index is 13.2. The number of aromatic carboxylic acids is 1. The summed E-state index contributed by atoms with van der Waals surface area (Å²) in [5.41, 5.74) is -0.0302. The van der Waals surface area contributed by atoms with E-state index in [9.17, 15) is 9.18 Å². The van der Waals surface area contributed by atoms with Crippen LogP contribution in [0.15, 0.2) is 28.8 Å². The van der Waals surface area contributed by atoms with Gasteiger partial charge in [-0.05, 0) is 18.2 Å². The van der Waals surface area contributed by atoms with Gasteiger partial charge in [-0.25, -0.2) is 9.18 Å². The van der Waals surface area contributed by atoms with Crippen molar-refractivity contribution in [3.05, 3.63) is 35.8 Å². The van der Waals surface area contributed by atoms with Gasteiger partial charge < -0.3 is 14.4 Å². The van der Waals surface area contributed by atoms with Crippen molar-refractivity contribution in [1.29, 1.82) is 0 Å². The van der Waals surface area contributed by atoms with Crippen molar-refractivity contribution in [3.8, 4) is 29.4 Å². The van der Waals surface area contributed by atoms with Gasteiger partial charge >= 0.3 is 5.97 Å². The number of terminal acetylenes is 1. The van der Waals surface area contributed by atoms with Crippen LogP contribution in [0, 0.1) is 18.2 Å². The molecule has 5 nitrogen and oxygen atoms in total. The number of hydrogen-bond donors (Lipinski definition) is 1. The summed E-state index contributed by atoms with van der Waals surface area (Å²) < 4.78 is 23.3. The maximum atomic E-state index is 13.2. The highest BCUT2D eigenvalue weighted by Crippen LogP contribution is 2.31. The van der Waals surface area contributed by atoms with E-state index >= 15 is 0 Å². The van der Waals surface area contributed by atoms with Gasteiger partial charge in [-0.15, -0.1) is 6.42 Å². The van der Waals surface area contributed by atoms with Crippen molar-refractivity contribution < 1.29 is 23.6 Å². The quantitative estimate of drug-likeness (QED) is 0.854. The lowest BCUT2D eigenvalue weighted by Crippen LogP contribution is -1.96. The molecular weight excluding hydrogens is 253 g/mol. The van der Waals surface area contributed by atoms with E-state index in [0.717, 1.165) is 6.07 Å². The minimum absolute atomic E-state index is 0.00143. The van der Waals surface area contributed by atoms with Crippen LogP contribution in [0.3, 0.4) is 0 Å². The van der Waals surface area contributed by atoms with Crippen LogP contribution < -0.4 is 4.74 Å². The van der Waals surface area contributed by atoms with Crippen LogP contribution in [0.1, 0.15) is 10.5 Å². The largest absolute Gasteiger partial charge is 0.480 e. The number of ether oxygens (including phenoxy) is 1. The molecule has 0 atom stereocenters. The van der Waals surface area contributed by atoms with Gasteiger partial charge in [0.15, 0.2) is 11.5 Å². The molecule has 96 valence electrons. The fourth-order valence-corrected chi connectivity index (χ4v) is 1.44. The number of rotatable bonds is 4. The van der Waals surface area contributed by atoms with Gasteiger partial charge in [0.2, 0.25) is 0 Å². The predicted molar refractivity (Wildman–Crippen MR) is 63.2 cm³/mol. The summed E-state index contributed by atoms with van der Waals surface area (Å²) in [5, 5.41) is 12.1. The smallest absolute Gasteiger partial charge is 0.358 e. The van der Waals surface area contributed by atoms with Crippen LogP contribution in [0.4, 0.5) is 4.39 Å². The zero-order chi connectivity index (χ0) is 13.8. The lowest BCUT2D eigenvalue weighted by atomic mass is 10.1. The molecule has 0 aliphatic rings. The minimum Gasteiger partial charge on any atom is -0.480 e. The molecule has 0 fully saturated rings. The molecule has 0 saturated carbocycles. The van der Waals surface area contributed by atoms with E-state index in [-0.39, 0.29) is 29.4 Å². The molecule has 1 heterocycles. The van der Waals surface area contributed by atoms with Crippen molar-refractivity contribution in [3.63, 3.8) is 0 Å². The van der Waals surface area contributed by atoms with Crippen molar-refractivity contribution in [1.82, 2.24) is 5.16 Å². The molecule has 6 heteroatoms. The van der Waals surface area contributed by atoms with Crippen molar-refractivity contribution in [2.24, 2.45) is 0 Å². The third-order valence-electron chi connectivity index (χ3n) is 2.25. The van der Waals surface area contributed by atoms with Crippen molar-refractivity contribution in [2.75, 3.05) is 6.61 Å². The normalized spacial score (nSPS) is 9.89. The second kappa shape index (κ2) is 5.23. The number of benzene rings is 1. The molecule has 0 aliphatic heterocycles. The second-order valence-electron chi connectivity index (χ2n) is 3.51. The highest BCUT2D eigenvalue weighted by molar-refractivity contribution is 5.86. The average molecular weight is 261 g/mol. The molecule has 0 saturated heterocycles. The van der Waals surface area contributed by atoms with Gasteiger partial charge in [-0.1, -0.05) is 11.1 Å². The summed E-state index contributed by atoms with van der Waals surface area (Å²) in [7, 11) is 0. The first-order chi connectivity index (χ1) is 9.11. The summed E-state index contributed by atoms with van der Waals surface area (Å²) >= 11 is 0. The summed E-state index contributed by atoms with van der Waals surface area (Å²) in [5.74, 6) is 0.893. The number of nitrogens with zero attached hydrogens (tertiary/aromatic N) is 1. The van der Waals surface area contributed by atoms with E-state index in [4.69, 9.17) is 20.8 Å². The Balaban J connectivity index is 2.43. The number of carbonyl (C=O) groups is 1. The van der Waals surface area contributed by atoms with Gasteiger partial charge in [0, 0.05) is 6.07 Å². The Morgan fingerprint density at radius 3 is 2.95 bits per heavy atom. The number of carboxylic acids is 1. The average Bonchev–Trinajstić information content (AvgIpc) is 2.87. The second-order valence-corrected chi connectivity index (χ2v) is 3.51. The van der Waals surface area contributed by atoms with E-state index in [0.29, 0.717) is 0 Å². The molecule has 0 spiro atoms. The lowest BCUT2D eigenvalue weighted by molar-refractivity contribution is 0.0686. The molecule has 1 aromatic carbocycles. The number of aromatic nitrogens is 1. The van der Waals surface area contributed by atoms with E-state index < -0.39 is 11.8 Å². The maximum Gasteiger partial charge on any atom is 0.358 e. The topological polar surface area (TPSA) is 72.6 Å². The fraction of sp³-hybridized carbons (Fsp3) is 0.0769. The monoisotopic (exact) mass is 261 g/mol. The summed E-state index contributed by atoms with van der Waals surface area (Å²) in [4.78, 5) is 10.7. The third-order valence-corrected chi connectivity index (χ3v) is 2.25. The van der Waals surface area contributed by atoms with Gasteiger partial charge in [-0.3, -0.25) is 0 Å². The number of halogens is 1. The Hall–Kier alpha value is -2.81. The van der Waals surface area contributed by atoms with Gasteiger partial charge in [0.1, 0.15) is 18.2 Å². The standard InChI is InChI=1S/C13H8FNO4/c1-2-5-18-11-4-3-8(14)6-9(11)12-7-10(13(16)17)15-19-12/h1,3-4,6-7H,5H2,(H,16,17). The highest BCUT2D eigenvalue weighted by Gasteiger charge is 2.16. The molecule has 0 radical (unpaired) electrons. The summed E-state index contributed by atoms with van der Waals surface area (Å²) in [6.07, 6.45) is 5.08. The Bertz CT molecular complexity index is 657. The Morgan fingerprint density at radius 1 is 1.53 bits per heavy atom. The zero-order valence-corrected chi connectivity index (χ0v) is 9.59. The Kier molecular flexibility index (Phi) is 3.48. The van der Waals surface area contributed by atoms with Crippen molar-refractivity contribution in [2.45, 2.75) is 0 Å². The van der Waals surface area contributed by atoms with E-state index in [2.05, 4.69) is 11.1 Å². The molecule has 0 bridgehead atoms.